The van der Waals surface area contributed by atoms with Crippen molar-refractivity contribution in [1.29, 1.82) is 0 Å². The SMILES string of the molecule is Cc1ccc(C=CC(=O)NC(CO)C(C)C)c(Br)c1. The van der Waals surface area contributed by atoms with Gasteiger partial charge in [0.25, 0.3) is 0 Å². The summed E-state index contributed by atoms with van der Waals surface area (Å²) in [6.45, 7) is 5.88. The van der Waals surface area contributed by atoms with Gasteiger partial charge in [-0.1, -0.05) is 41.9 Å². The summed E-state index contributed by atoms with van der Waals surface area (Å²) in [5.74, 6) is 0.00804. The highest BCUT2D eigenvalue weighted by molar-refractivity contribution is 9.10. The Bertz CT molecular complexity index is 469. The smallest absolute Gasteiger partial charge is 0.244 e. The minimum Gasteiger partial charge on any atom is -0.394 e. The maximum atomic E-state index is 11.7. The zero-order valence-corrected chi connectivity index (χ0v) is 13.1. The second-order valence-corrected chi connectivity index (χ2v) is 5.75. The van der Waals surface area contributed by atoms with Gasteiger partial charge in [-0.3, -0.25) is 4.79 Å². The van der Waals surface area contributed by atoms with Crippen LogP contribution in [0.1, 0.15) is 25.0 Å². The predicted octanol–water partition coefficient (Wildman–Crippen LogP) is 2.90. The lowest BCUT2D eigenvalue weighted by Gasteiger charge is -2.18. The highest BCUT2D eigenvalue weighted by atomic mass is 79.9. The molecule has 0 radical (unpaired) electrons. The lowest BCUT2D eigenvalue weighted by Crippen LogP contribution is -2.40. The average Bonchev–Trinajstić information content (AvgIpc) is 2.34. The molecule has 0 aromatic heterocycles. The predicted molar refractivity (Wildman–Crippen MR) is 81.8 cm³/mol. The first-order chi connectivity index (χ1) is 8.93. The molecular weight excluding hydrogens is 306 g/mol. The molecule has 0 spiro atoms. The molecule has 0 aliphatic rings. The van der Waals surface area contributed by atoms with Gasteiger partial charge in [-0.2, -0.15) is 0 Å². The van der Waals surface area contributed by atoms with Gasteiger partial charge in [0.05, 0.1) is 12.6 Å². The number of rotatable bonds is 5. The highest BCUT2D eigenvalue weighted by Gasteiger charge is 2.13. The summed E-state index contributed by atoms with van der Waals surface area (Å²) in [5.41, 5.74) is 2.11. The number of halogens is 1. The van der Waals surface area contributed by atoms with E-state index in [0.29, 0.717) is 0 Å². The Morgan fingerprint density at radius 2 is 2.16 bits per heavy atom. The van der Waals surface area contributed by atoms with E-state index in [4.69, 9.17) is 5.11 Å². The Kier molecular flexibility index (Phi) is 6.25. The van der Waals surface area contributed by atoms with Crippen LogP contribution in [0.2, 0.25) is 0 Å². The zero-order valence-electron chi connectivity index (χ0n) is 11.5. The summed E-state index contributed by atoms with van der Waals surface area (Å²) >= 11 is 3.46. The van der Waals surface area contributed by atoms with E-state index in [0.717, 1.165) is 15.6 Å². The van der Waals surface area contributed by atoms with Crippen molar-refractivity contribution >= 4 is 27.9 Å². The fourth-order valence-corrected chi connectivity index (χ4v) is 2.21. The topological polar surface area (TPSA) is 49.3 Å². The molecule has 1 atom stereocenters. The number of amides is 1. The number of carbonyl (C=O) groups is 1. The van der Waals surface area contributed by atoms with Gasteiger partial charge in [-0.15, -0.1) is 0 Å². The van der Waals surface area contributed by atoms with Crippen LogP contribution in [0.4, 0.5) is 0 Å². The number of aliphatic hydroxyl groups excluding tert-OH is 1. The summed E-state index contributed by atoms with van der Waals surface area (Å²) in [7, 11) is 0. The van der Waals surface area contributed by atoms with Crippen LogP contribution in [0.5, 0.6) is 0 Å². The van der Waals surface area contributed by atoms with Crippen molar-refractivity contribution in [3.05, 3.63) is 39.9 Å². The Hall–Kier alpha value is -1.13. The molecule has 0 aliphatic heterocycles. The third-order valence-corrected chi connectivity index (χ3v) is 3.59. The number of benzene rings is 1. The van der Waals surface area contributed by atoms with Gasteiger partial charge < -0.3 is 10.4 Å². The Balaban J connectivity index is 2.68. The summed E-state index contributed by atoms with van der Waals surface area (Å²) in [4.78, 5) is 11.7. The van der Waals surface area contributed by atoms with Gasteiger partial charge in [-0.05, 0) is 36.1 Å². The standard InChI is InChI=1S/C15H20BrNO2/c1-10(2)14(9-18)17-15(19)7-6-12-5-4-11(3)8-13(12)16/h4-8,10,14,18H,9H2,1-3H3,(H,17,19). The molecule has 2 N–H and O–H groups in total. The van der Waals surface area contributed by atoms with Gasteiger partial charge in [0, 0.05) is 10.5 Å². The number of carbonyl (C=O) groups excluding carboxylic acids is 1. The Morgan fingerprint density at radius 3 is 2.68 bits per heavy atom. The Morgan fingerprint density at radius 1 is 1.47 bits per heavy atom. The first kappa shape index (κ1) is 15.9. The molecule has 1 aromatic rings. The first-order valence-corrected chi connectivity index (χ1v) is 7.09. The fraction of sp³-hybridized carbons (Fsp3) is 0.400. The molecule has 0 saturated heterocycles. The van der Waals surface area contributed by atoms with Gasteiger partial charge >= 0.3 is 0 Å². The second kappa shape index (κ2) is 7.46. The van der Waals surface area contributed by atoms with Crippen molar-refractivity contribution in [2.45, 2.75) is 26.8 Å². The molecule has 0 heterocycles. The summed E-state index contributed by atoms with van der Waals surface area (Å²) in [5, 5.41) is 11.9. The molecule has 0 bridgehead atoms. The number of aliphatic hydroxyl groups is 1. The van der Waals surface area contributed by atoms with Crippen LogP contribution in [-0.2, 0) is 4.79 Å². The zero-order chi connectivity index (χ0) is 14.4. The monoisotopic (exact) mass is 325 g/mol. The molecule has 1 aromatic carbocycles. The van der Waals surface area contributed by atoms with Crippen LogP contribution < -0.4 is 5.32 Å². The molecular formula is C15H20BrNO2. The van der Waals surface area contributed by atoms with Gasteiger partial charge in [-0.25, -0.2) is 0 Å². The van der Waals surface area contributed by atoms with E-state index >= 15 is 0 Å². The molecule has 1 rings (SSSR count). The van der Waals surface area contributed by atoms with E-state index in [1.807, 2.05) is 39.0 Å². The van der Waals surface area contributed by atoms with E-state index in [2.05, 4.69) is 21.2 Å². The second-order valence-electron chi connectivity index (χ2n) is 4.90. The molecule has 1 unspecified atom stereocenters. The van der Waals surface area contributed by atoms with Gasteiger partial charge in [0.2, 0.25) is 5.91 Å². The van der Waals surface area contributed by atoms with Gasteiger partial charge in [0.1, 0.15) is 0 Å². The van der Waals surface area contributed by atoms with Crippen LogP contribution in [-0.4, -0.2) is 23.7 Å². The molecule has 0 aliphatic carbocycles. The Labute approximate surface area is 122 Å². The van der Waals surface area contributed by atoms with Crippen LogP contribution >= 0.6 is 15.9 Å². The van der Waals surface area contributed by atoms with Crippen molar-refractivity contribution in [1.82, 2.24) is 5.32 Å². The van der Waals surface area contributed by atoms with Crippen molar-refractivity contribution in [3.63, 3.8) is 0 Å². The van der Waals surface area contributed by atoms with E-state index < -0.39 is 0 Å². The van der Waals surface area contributed by atoms with Gasteiger partial charge in [0.15, 0.2) is 0 Å². The molecule has 104 valence electrons. The average molecular weight is 326 g/mol. The molecule has 4 heteroatoms. The molecule has 1 amide bonds. The van der Waals surface area contributed by atoms with Crippen molar-refractivity contribution < 1.29 is 9.90 Å². The van der Waals surface area contributed by atoms with E-state index in [1.165, 1.54) is 6.08 Å². The summed E-state index contributed by atoms with van der Waals surface area (Å²) in [6.07, 6.45) is 3.24. The van der Waals surface area contributed by atoms with Crippen LogP contribution in [0.15, 0.2) is 28.7 Å². The van der Waals surface area contributed by atoms with Crippen molar-refractivity contribution in [2.75, 3.05) is 6.61 Å². The number of hydrogen-bond acceptors (Lipinski definition) is 2. The normalized spacial score (nSPS) is 12.9. The minimum atomic E-state index is -0.210. The number of hydrogen-bond donors (Lipinski definition) is 2. The fourth-order valence-electron chi connectivity index (χ4n) is 1.59. The van der Waals surface area contributed by atoms with E-state index in [-0.39, 0.29) is 24.5 Å². The third-order valence-electron chi connectivity index (χ3n) is 2.90. The van der Waals surface area contributed by atoms with E-state index in [9.17, 15) is 4.79 Å². The van der Waals surface area contributed by atoms with E-state index in [1.54, 1.807) is 6.08 Å². The maximum Gasteiger partial charge on any atom is 0.244 e. The summed E-state index contributed by atoms with van der Waals surface area (Å²) in [6, 6.07) is 5.74. The third kappa shape index (κ3) is 5.17. The summed E-state index contributed by atoms with van der Waals surface area (Å²) < 4.78 is 0.958. The van der Waals surface area contributed by atoms with Crippen molar-refractivity contribution in [2.24, 2.45) is 5.92 Å². The number of aryl methyl sites for hydroxylation is 1. The quantitative estimate of drug-likeness (QED) is 0.818. The molecule has 19 heavy (non-hydrogen) atoms. The first-order valence-electron chi connectivity index (χ1n) is 6.29. The minimum absolute atomic E-state index is 0.0501. The lowest BCUT2D eigenvalue weighted by atomic mass is 10.1. The van der Waals surface area contributed by atoms with Crippen LogP contribution in [0.25, 0.3) is 6.08 Å². The largest absolute Gasteiger partial charge is 0.394 e. The molecule has 0 saturated carbocycles. The maximum absolute atomic E-state index is 11.7. The van der Waals surface area contributed by atoms with Crippen LogP contribution in [0, 0.1) is 12.8 Å². The molecule has 3 nitrogen and oxygen atoms in total. The highest BCUT2D eigenvalue weighted by Crippen LogP contribution is 2.19. The van der Waals surface area contributed by atoms with Crippen molar-refractivity contribution in [3.8, 4) is 0 Å². The van der Waals surface area contributed by atoms with Crippen LogP contribution in [0.3, 0.4) is 0 Å². The number of nitrogens with one attached hydrogen (secondary N) is 1. The molecule has 0 fully saturated rings. The lowest BCUT2D eigenvalue weighted by molar-refractivity contribution is -0.117.